The molecule has 0 spiro atoms. The summed E-state index contributed by atoms with van der Waals surface area (Å²) < 4.78 is 10.9. The highest BCUT2D eigenvalue weighted by Crippen LogP contribution is 2.32. The first kappa shape index (κ1) is 19.0. The number of halogens is 2. The first-order valence-electron chi connectivity index (χ1n) is 8.39. The molecule has 1 fully saturated rings. The van der Waals surface area contributed by atoms with Gasteiger partial charge in [-0.2, -0.15) is 0 Å². The lowest BCUT2D eigenvalue weighted by Crippen LogP contribution is -2.53. The summed E-state index contributed by atoms with van der Waals surface area (Å²) in [6.45, 7) is -0.107. The van der Waals surface area contributed by atoms with E-state index in [0.717, 1.165) is 4.90 Å². The van der Waals surface area contributed by atoms with Gasteiger partial charge in [-0.1, -0.05) is 23.2 Å². The van der Waals surface area contributed by atoms with Crippen LogP contribution < -0.4 is 5.32 Å². The highest BCUT2D eigenvalue weighted by Gasteiger charge is 2.36. The highest BCUT2D eigenvalue weighted by molar-refractivity contribution is 6.35. The number of nitrogens with zero attached hydrogens (tertiary/aromatic N) is 1. The van der Waals surface area contributed by atoms with Crippen LogP contribution in [0.5, 0.6) is 0 Å². The van der Waals surface area contributed by atoms with Crippen LogP contribution in [0.1, 0.15) is 11.5 Å². The first-order chi connectivity index (χ1) is 13.9. The summed E-state index contributed by atoms with van der Waals surface area (Å²) >= 11 is 12.2. The molecule has 0 unspecified atom stereocenters. The molecule has 1 N–H and O–H groups in total. The van der Waals surface area contributed by atoms with E-state index in [1.807, 2.05) is 0 Å². The Hall–Kier alpha value is -3.29. The summed E-state index contributed by atoms with van der Waals surface area (Å²) in [5, 5.41) is 3.05. The topological polar surface area (TPSA) is 92.8 Å². The van der Waals surface area contributed by atoms with Crippen LogP contribution in [0.3, 0.4) is 0 Å². The van der Waals surface area contributed by atoms with Crippen molar-refractivity contribution in [2.24, 2.45) is 0 Å². The molecule has 0 atom stereocenters. The third kappa shape index (κ3) is 3.83. The van der Waals surface area contributed by atoms with Crippen molar-refractivity contribution >= 4 is 47.1 Å². The maximum atomic E-state index is 12.7. The van der Waals surface area contributed by atoms with Gasteiger partial charge in [0.2, 0.25) is 0 Å². The summed E-state index contributed by atoms with van der Waals surface area (Å²) in [5.41, 5.74) is 0.326. The number of amides is 4. The molecule has 4 rings (SSSR count). The van der Waals surface area contributed by atoms with Crippen LogP contribution in [0, 0.1) is 0 Å². The minimum Gasteiger partial charge on any atom is -0.467 e. The molecule has 0 aliphatic carbocycles. The lowest BCUT2D eigenvalue weighted by Gasteiger charge is -2.25. The van der Waals surface area contributed by atoms with E-state index in [1.54, 1.807) is 42.5 Å². The molecule has 3 aromatic rings. The number of imide groups is 2. The predicted octanol–water partition coefficient (Wildman–Crippen LogP) is 4.51. The van der Waals surface area contributed by atoms with Gasteiger partial charge in [0.15, 0.2) is 0 Å². The molecule has 7 nitrogen and oxygen atoms in total. The Morgan fingerprint density at radius 2 is 1.90 bits per heavy atom. The number of carbonyl (C=O) groups excluding carboxylic acids is 3. The van der Waals surface area contributed by atoms with E-state index in [0.29, 0.717) is 27.1 Å². The van der Waals surface area contributed by atoms with Crippen LogP contribution in [0.4, 0.5) is 4.79 Å². The molecule has 2 aromatic heterocycles. The normalized spacial score (nSPS) is 15.9. The fraction of sp³-hybridized carbons (Fsp3) is 0.0500. The minimum atomic E-state index is -0.820. The van der Waals surface area contributed by atoms with Crippen LogP contribution in [-0.2, 0) is 16.1 Å². The molecule has 29 heavy (non-hydrogen) atoms. The van der Waals surface area contributed by atoms with Crippen molar-refractivity contribution in [3.8, 4) is 11.3 Å². The SMILES string of the molecule is O=C1NC(=O)N(Cc2ccco2)C(=O)/C1=C/c1ccc(-c2cc(Cl)ccc2Cl)o1. The van der Waals surface area contributed by atoms with Gasteiger partial charge in [-0.05, 0) is 48.5 Å². The lowest BCUT2D eigenvalue weighted by atomic mass is 10.1. The molecule has 9 heteroatoms. The van der Waals surface area contributed by atoms with Crippen LogP contribution in [0.2, 0.25) is 10.0 Å². The van der Waals surface area contributed by atoms with Gasteiger partial charge in [0.1, 0.15) is 22.9 Å². The van der Waals surface area contributed by atoms with Crippen molar-refractivity contribution in [2.75, 3.05) is 0 Å². The number of barbiturate groups is 1. The molecule has 146 valence electrons. The molecule has 1 aromatic carbocycles. The van der Waals surface area contributed by atoms with Crippen molar-refractivity contribution in [2.45, 2.75) is 6.54 Å². The van der Waals surface area contributed by atoms with Gasteiger partial charge in [0.05, 0.1) is 17.8 Å². The standard InChI is InChI=1S/C20H12Cl2N2O5/c21-11-3-5-16(22)14(8-11)17-6-4-12(29-17)9-15-18(25)23-20(27)24(19(15)26)10-13-2-1-7-28-13/h1-9H,10H2,(H,23,25,27)/b15-9+. The smallest absolute Gasteiger partial charge is 0.331 e. The number of furan rings is 2. The monoisotopic (exact) mass is 430 g/mol. The number of carbonyl (C=O) groups is 3. The maximum absolute atomic E-state index is 12.7. The molecular formula is C20H12Cl2N2O5. The fourth-order valence-corrected chi connectivity index (χ4v) is 3.18. The van der Waals surface area contributed by atoms with Crippen molar-refractivity contribution in [3.05, 3.63) is 75.9 Å². The summed E-state index contributed by atoms with van der Waals surface area (Å²) in [5.74, 6) is -0.514. The van der Waals surface area contributed by atoms with Crippen molar-refractivity contribution in [3.63, 3.8) is 0 Å². The van der Waals surface area contributed by atoms with Crippen LogP contribution >= 0.6 is 23.2 Å². The van der Waals surface area contributed by atoms with Crippen molar-refractivity contribution in [1.82, 2.24) is 10.2 Å². The van der Waals surface area contributed by atoms with Gasteiger partial charge in [0.25, 0.3) is 11.8 Å². The van der Waals surface area contributed by atoms with Crippen molar-refractivity contribution in [1.29, 1.82) is 0 Å². The summed E-state index contributed by atoms with van der Waals surface area (Å²) in [6, 6.07) is 10.6. The number of hydrogen-bond donors (Lipinski definition) is 1. The van der Waals surface area contributed by atoms with Gasteiger partial charge in [0, 0.05) is 10.6 Å². The Labute approximate surface area is 174 Å². The van der Waals surface area contributed by atoms with Crippen LogP contribution in [0.25, 0.3) is 17.4 Å². The van der Waals surface area contributed by atoms with E-state index in [4.69, 9.17) is 32.0 Å². The molecule has 4 amide bonds. The molecule has 3 heterocycles. The molecular weight excluding hydrogens is 419 g/mol. The van der Waals surface area contributed by atoms with Gasteiger partial charge < -0.3 is 8.83 Å². The highest BCUT2D eigenvalue weighted by atomic mass is 35.5. The summed E-state index contributed by atoms with van der Waals surface area (Å²) in [4.78, 5) is 37.8. The Kier molecular flexibility index (Phi) is 5.00. The zero-order valence-electron chi connectivity index (χ0n) is 14.6. The lowest BCUT2D eigenvalue weighted by molar-refractivity contribution is -0.130. The van der Waals surface area contributed by atoms with E-state index in [9.17, 15) is 14.4 Å². The molecule has 1 aliphatic rings. The Bertz CT molecular complexity index is 1150. The molecule has 0 saturated carbocycles. The second kappa shape index (κ2) is 7.62. The number of benzene rings is 1. The van der Waals surface area contributed by atoms with E-state index >= 15 is 0 Å². The minimum absolute atomic E-state index is 0.107. The fourth-order valence-electron chi connectivity index (χ4n) is 2.80. The average molecular weight is 431 g/mol. The van der Waals surface area contributed by atoms with E-state index in [-0.39, 0.29) is 17.9 Å². The molecule has 1 saturated heterocycles. The zero-order valence-corrected chi connectivity index (χ0v) is 16.2. The number of nitrogens with one attached hydrogen (secondary N) is 1. The summed E-state index contributed by atoms with van der Waals surface area (Å²) in [7, 11) is 0. The van der Waals surface area contributed by atoms with Gasteiger partial charge in [-0.25, -0.2) is 4.79 Å². The zero-order chi connectivity index (χ0) is 20.5. The van der Waals surface area contributed by atoms with Gasteiger partial charge in [-0.3, -0.25) is 19.8 Å². The Morgan fingerprint density at radius 3 is 2.66 bits per heavy atom. The second-order valence-electron chi connectivity index (χ2n) is 6.11. The van der Waals surface area contributed by atoms with Crippen LogP contribution in [-0.4, -0.2) is 22.7 Å². The Morgan fingerprint density at radius 1 is 1.07 bits per heavy atom. The number of urea groups is 1. The Balaban J connectivity index is 1.64. The number of hydrogen-bond acceptors (Lipinski definition) is 5. The molecule has 0 bridgehead atoms. The third-order valence-electron chi connectivity index (χ3n) is 4.19. The van der Waals surface area contributed by atoms with Gasteiger partial charge in [-0.15, -0.1) is 0 Å². The quantitative estimate of drug-likeness (QED) is 0.485. The third-order valence-corrected chi connectivity index (χ3v) is 4.75. The predicted molar refractivity (Wildman–Crippen MR) is 105 cm³/mol. The second-order valence-corrected chi connectivity index (χ2v) is 6.96. The van der Waals surface area contributed by atoms with E-state index in [2.05, 4.69) is 5.32 Å². The maximum Gasteiger partial charge on any atom is 0.331 e. The van der Waals surface area contributed by atoms with Crippen molar-refractivity contribution < 1.29 is 23.2 Å². The van der Waals surface area contributed by atoms with Crippen LogP contribution in [0.15, 0.2) is 63.1 Å². The first-order valence-corrected chi connectivity index (χ1v) is 9.14. The van der Waals surface area contributed by atoms with Gasteiger partial charge >= 0.3 is 6.03 Å². The largest absolute Gasteiger partial charge is 0.467 e. The molecule has 1 aliphatic heterocycles. The number of rotatable bonds is 4. The van der Waals surface area contributed by atoms with E-state index < -0.39 is 17.8 Å². The van der Waals surface area contributed by atoms with E-state index in [1.165, 1.54) is 12.3 Å². The average Bonchev–Trinajstić information content (AvgIpc) is 3.36. The molecule has 0 radical (unpaired) electrons. The summed E-state index contributed by atoms with van der Waals surface area (Å²) in [6.07, 6.45) is 2.69.